The van der Waals surface area contributed by atoms with Crippen molar-refractivity contribution in [2.75, 3.05) is 10.8 Å². The normalized spacial score (nSPS) is 11.8. The smallest absolute Gasteiger partial charge is 0.327 e. The van der Waals surface area contributed by atoms with Crippen LogP contribution in [0.5, 0.6) is 0 Å². The molecule has 8 nitrogen and oxygen atoms in total. The van der Waals surface area contributed by atoms with Crippen LogP contribution < -0.4 is 4.31 Å². The van der Waals surface area contributed by atoms with Gasteiger partial charge in [-0.15, -0.1) is 0 Å². The lowest BCUT2D eigenvalue weighted by Gasteiger charge is -2.26. The van der Waals surface area contributed by atoms with Crippen LogP contribution in [0.25, 0.3) is 16.7 Å². The molecule has 2 aromatic heterocycles. The number of fused-ring (bicyclic) bond motifs is 1. The van der Waals surface area contributed by atoms with Crippen molar-refractivity contribution in [1.29, 1.82) is 5.26 Å². The standard InChI is InChI=1S/C26H22Cl2N4O4S/c1-26(2,3)36-25(33)16-32(37(34,35)22-12-19(27)11-20(28)13-22)21-5-6-23-18(10-21)8-9-31(23)24-7-4-17(14-29)15-30-24/h4-13,15H,16H2,1-3H3. The van der Waals surface area contributed by atoms with E-state index in [0.29, 0.717) is 16.8 Å². The third kappa shape index (κ3) is 5.88. The predicted molar refractivity (Wildman–Crippen MR) is 143 cm³/mol. The molecule has 2 heterocycles. The number of rotatable bonds is 6. The number of aromatic nitrogens is 2. The highest BCUT2D eigenvalue weighted by molar-refractivity contribution is 7.92. The molecule has 0 atom stereocenters. The van der Waals surface area contributed by atoms with Crippen molar-refractivity contribution in [2.45, 2.75) is 31.3 Å². The number of carbonyl (C=O) groups is 1. The molecule has 0 fully saturated rings. The second kappa shape index (κ2) is 10.1. The Balaban J connectivity index is 1.79. The van der Waals surface area contributed by atoms with Crippen LogP contribution >= 0.6 is 23.2 Å². The van der Waals surface area contributed by atoms with Gasteiger partial charge in [-0.1, -0.05) is 23.2 Å². The Kier molecular flexibility index (Phi) is 7.20. The second-order valence-electron chi connectivity index (χ2n) is 9.15. The van der Waals surface area contributed by atoms with Crippen molar-refractivity contribution in [2.24, 2.45) is 0 Å². The van der Waals surface area contributed by atoms with Gasteiger partial charge in [0, 0.05) is 27.8 Å². The minimum absolute atomic E-state index is 0.144. The summed E-state index contributed by atoms with van der Waals surface area (Å²) >= 11 is 12.1. The molecule has 0 aliphatic carbocycles. The Morgan fingerprint density at radius 2 is 1.78 bits per heavy atom. The van der Waals surface area contributed by atoms with Gasteiger partial charge in [-0.3, -0.25) is 9.10 Å². The van der Waals surface area contributed by atoms with E-state index in [1.807, 2.05) is 10.6 Å². The van der Waals surface area contributed by atoms with Gasteiger partial charge in [0.15, 0.2) is 0 Å². The predicted octanol–water partition coefficient (Wildman–Crippen LogP) is 5.74. The Morgan fingerprint density at radius 3 is 2.38 bits per heavy atom. The summed E-state index contributed by atoms with van der Waals surface area (Å²) in [4.78, 5) is 16.9. The fourth-order valence-electron chi connectivity index (χ4n) is 3.69. The fraction of sp³-hybridized carbons (Fsp3) is 0.192. The highest BCUT2D eigenvalue weighted by atomic mass is 35.5. The Hall–Kier alpha value is -3.58. The van der Waals surface area contributed by atoms with Crippen LogP contribution in [0.2, 0.25) is 10.0 Å². The number of nitriles is 1. The topological polar surface area (TPSA) is 105 Å². The van der Waals surface area contributed by atoms with Crippen LogP contribution in [0.4, 0.5) is 5.69 Å². The van der Waals surface area contributed by atoms with E-state index in [4.69, 9.17) is 33.2 Å². The molecule has 37 heavy (non-hydrogen) atoms. The van der Waals surface area contributed by atoms with Crippen LogP contribution in [0.15, 0.2) is 71.9 Å². The Labute approximate surface area is 224 Å². The molecule has 0 aliphatic heterocycles. The molecule has 0 bridgehead atoms. The molecule has 4 rings (SSSR count). The van der Waals surface area contributed by atoms with Crippen LogP contribution in [-0.2, 0) is 19.6 Å². The van der Waals surface area contributed by atoms with Gasteiger partial charge in [0.2, 0.25) is 0 Å². The molecule has 0 amide bonds. The van der Waals surface area contributed by atoms with Crippen molar-refractivity contribution in [3.8, 4) is 11.9 Å². The van der Waals surface area contributed by atoms with E-state index < -0.39 is 28.1 Å². The molecule has 2 aromatic carbocycles. The van der Waals surface area contributed by atoms with E-state index in [2.05, 4.69) is 4.98 Å². The Bertz CT molecular complexity index is 1620. The summed E-state index contributed by atoms with van der Waals surface area (Å²) < 4.78 is 35.6. The lowest BCUT2D eigenvalue weighted by Crippen LogP contribution is -2.39. The van der Waals surface area contributed by atoms with Crippen molar-refractivity contribution >= 4 is 55.8 Å². The largest absolute Gasteiger partial charge is 0.459 e. The molecule has 0 spiro atoms. The maximum absolute atomic E-state index is 13.7. The number of pyridine rings is 1. The molecule has 0 saturated carbocycles. The van der Waals surface area contributed by atoms with Crippen molar-refractivity contribution < 1.29 is 17.9 Å². The highest BCUT2D eigenvalue weighted by Gasteiger charge is 2.30. The van der Waals surface area contributed by atoms with E-state index in [1.165, 1.54) is 24.4 Å². The summed E-state index contributed by atoms with van der Waals surface area (Å²) in [6, 6.07) is 16.2. The maximum atomic E-state index is 13.7. The third-order valence-electron chi connectivity index (χ3n) is 5.20. The SMILES string of the molecule is CC(C)(C)OC(=O)CN(c1ccc2c(ccn2-c2ccc(C#N)cn2)c1)S(=O)(=O)c1cc(Cl)cc(Cl)c1. The first-order valence-corrected chi connectivity index (χ1v) is 13.3. The monoisotopic (exact) mass is 556 g/mol. The summed E-state index contributed by atoms with van der Waals surface area (Å²) in [7, 11) is -4.26. The molecule has 0 saturated heterocycles. The van der Waals surface area contributed by atoms with E-state index in [-0.39, 0.29) is 20.6 Å². The minimum atomic E-state index is -4.26. The zero-order valence-corrected chi connectivity index (χ0v) is 22.5. The number of benzene rings is 2. The zero-order valence-electron chi connectivity index (χ0n) is 20.1. The number of anilines is 1. The molecular formula is C26H22Cl2N4O4S. The lowest BCUT2D eigenvalue weighted by atomic mass is 10.2. The summed E-state index contributed by atoms with van der Waals surface area (Å²) in [5.41, 5.74) is 0.634. The molecule has 0 unspecified atom stereocenters. The number of nitrogens with zero attached hydrogens (tertiary/aromatic N) is 4. The molecule has 0 radical (unpaired) electrons. The summed E-state index contributed by atoms with van der Waals surface area (Å²) in [6.07, 6.45) is 3.26. The van der Waals surface area contributed by atoms with Gasteiger partial charge < -0.3 is 9.30 Å². The first-order valence-electron chi connectivity index (χ1n) is 11.1. The van der Waals surface area contributed by atoms with Gasteiger partial charge in [-0.05, 0) is 75.4 Å². The lowest BCUT2D eigenvalue weighted by molar-refractivity contribution is -0.152. The van der Waals surface area contributed by atoms with Gasteiger partial charge in [-0.2, -0.15) is 5.26 Å². The quantitative estimate of drug-likeness (QED) is 0.280. The maximum Gasteiger partial charge on any atom is 0.327 e. The van der Waals surface area contributed by atoms with Crippen molar-refractivity contribution in [3.63, 3.8) is 0 Å². The number of halogens is 2. The van der Waals surface area contributed by atoms with Crippen molar-refractivity contribution in [1.82, 2.24) is 9.55 Å². The van der Waals surface area contributed by atoms with Crippen molar-refractivity contribution in [3.05, 3.63) is 82.6 Å². The number of carbonyl (C=O) groups excluding carboxylic acids is 1. The van der Waals surface area contributed by atoms with Gasteiger partial charge in [-0.25, -0.2) is 13.4 Å². The molecular weight excluding hydrogens is 535 g/mol. The van der Waals surface area contributed by atoms with Gasteiger partial charge >= 0.3 is 5.97 Å². The van der Waals surface area contributed by atoms with E-state index in [0.717, 1.165) is 9.82 Å². The minimum Gasteiger partial charge on any atom is -0.459 e. The first-order chi connectivity index (χ1) is 17.4. The van der Waals surface area contributed by atoms with E-state index in [9.17, 15) is 13.2 Å². The van der Waals surface area contributed by atoms with Gasteiger partial charge in [0.1, 0.15) is 24.0 Å². The molecule has 4 aromatic rings. The summed E-state index contributed by atoms with van der Waals surface area (Å²) in [5, 5.41) is 10.0. The second-order valence-corrected chi connectivity index (χ2v) is 11.9. The zero-order chi connectivity index (χ0) is 27.0. The van der Waals surface area contributed by atoms with Crippen LogP contribution in [0.3, 0.4) is 0 Å². The Morgan fingerprint density at radius 1 is 1.08 bits per heavy atom. The van der Waals surface area contributed by atoms with Gasteiger partial charge in [0.05, 0.1) is 21.7 Å². The van der Waals surface area contributed by atoms with Crippen LogP contribution in [0.1, 0.15) is 26.3 Å². The highest BCUT2D eigenvalue weighted by Crippen LogP contribution is 2.31. The number of sulfonamides is 1. The summed E-state index contributed by atoms with van der Waals surface area (Å²) in [6.45, 7) is 4.54. The van der Waals surface area contributed by atoms with E-state index in [1.54, 1.807) is 63.4 Å². The number of esters is 1. The molecule has 0 aliphatic rings. The number of hydrogen-bond acceptors (Lipinski definition) is 6. The molecule has 11 heteroatoms. The average molecular weight is 557 g/mol. The molecule has 190 valence electrons. The van der Waals surface area contributed by atoms with Gasteiger partial charge in [0.25, 0.3) is 10.0 Å². The van der Waals surface area contributed by atoms with Crippen LogP contribution in [0, 0.1) is 11.3 Å². The fourth-order valence-corrected chi connectivity index (χ4v) is 5.82. The van der Waals surface area contributed by atoms with Crippen LogP contribution in [-0.4, -0.2) is 36.1 Å². The molecule has 0 N–H and O–H groups in total. The number of ether oxygens (including phenoxy) is 1. The summed E-state index contributed by atoms with van der Waals surface area (Å²) in [5.74, 6) is -0.128. The van der Waals surface area contributed by atoms with E-state index >= 15 is 0 Å². The first kappa shape index (κ1) is 26.5. The third-order valence-corrected chi connectivity index (χ3v) is 7.39. The average Bonchev–Trinajstić information content (AvgIpc) is 3.24. The number of hydrogen-bond donors (Lipinski definition) is 0.